The number of nitrogens with zero attached hydrogens (tertiary/aromatic N) is 5. The molecule has 3 fully saturated rings. The molecule has 0 bridgehead atoms. The zero-order chi connectivity index (χ0) is 19.6. The number of pyridine rings is 1. The summed E-state index contributed by atoms with van der Waals surface area (Å²) in [5.74, 6) is 0.104. The number of carbonyl (C=O) groups excluding carboxylic acids is 1. The van der Waals surface area contributed by atoms with E-state index in [9.17, 15) is 4.79 Å². The molecule has 7 heteroatoms. The molecule has 0 spiro atoms. The summed E-state index contributed by atoms with van der Waals surface area (Å²) in [6.07, 6.45) is 12.0. The molecule has 2 aromatic rings. The summed E-state index contributed by atoms with van der Waals surface area (Å²) >= 11 is 0. The van der Waals surface area contributed by atoms with Crippen LogP contribution in [0.15, 0.2) is 18.6 Å². The van der Waals surface area contributed by atoms with E-state index in [-0.39, 0.29) is 11.9 Å². The van der Waals surface area contributed by atoms with Gasteiger partial charge in [-0.25, -0.2) is 9.97 Å². The zero-order valence-electron chi connectivity index (χ0n) is 17.1. The van der Waals surface area contributed by atoms with Crippen LogP contribution in [0.2, 0.25) is 0 Å². The average molecular weight is 398 g/mol. The van der Waals surface area contributed by atoms with Gasteiger partial charge in [0.15, 0.2) is 5.65 Å². The Morgan fingerprint density at radius 1 is 1.03 bits per heavy atom. The number of amides is 1. The predicted octanol–water partition coefficient (Wildman–Crippen LogP) is 2.87. The van der Waals surface area contributed by atoms with E-state index in [0.29, 0.717) is 11.6 Å². The minimum atomic E-state index is 0.104. The van der Waals surface area contributed by atoms with Gasteiger partial charge in [-0.2, -0.15) is 0 Å². The van der Waals surface area contributed by atoms with Crippen LogP contribution in [-0.2, 0) is 4.74 Å². The summed E-state index contributed by atoms with van der Waals surface area (Å²) in [6, 6.07) is 2.73. The van der Waals surface area contributed by atoms with E-state index in [4.69, 9.17) is 4.74 Å². The fourth-order valence-corrected chi connectivity index (χ4v) is 5.19. The van der Waals surface area contributed by atoms with Crippen molar-refractivity contribution in [3.63, 3.8) is 0 Å². The lowest BCUT2D eigenvalue weighted by atomic mass is 10.00. The molecule has 29 heavy (non-hydrogen) atoms. The number of imidazole rings is 1. The third kappa shape index (κ3) is 3.90. The molecule has 1 saturated carbocycles. The third-order valence-corrected chi connectivity index (χ3v) is 6.84. The molecule has 7 nitrogen and oxygen atoms in total. The Kier molecular flexibility index (Phi) is 5.50. The highest BCUT2D eigenvalue weighted by Gasteiger charge is 2.30. The van der Waals surface area contributed by atoms with Gasteiger partial charge in [0.05, 0.1) is 25.1 Å². The summed E-state index contributed by atoms with van der Waals surface area (Å²) in [4.78, 5) is 27.1. The highest BCUT2D eigenvalue weighted by molar-refractivity contribution is 5.96. The molecule has 1 aliphatic carbocycles. The molecule has 1 atom stereocenters. The second-order valence-electron chi connectivity index (χ2n) is 8.72. The van der Waals surface area contributed by atoms with Crippen LogP contribution in [-0.4, -0.2) is 75.7 Å². The van der Waals surface area contributed by atoms with Gasteiger partial charge in [0, 0.05) is 44.5 Å². The molecule has 156 valence electrons. The normalized spacial score (nSPS) is 24.4. The van der Waals surface area contributed by atoms with Gasteiger partial charge in [0.25, 0.3) is 5.91 Å². The number of likely N-dealkylation sites (tertiary alicyclic amines) is 1. The third-order valence-electron chi connectivity index (χ3n) is 6.84. The molecular formula is C22H31N5O2. The first-order valence-corrected chi connectivity index (χ1v) is 11.2. The van der Waals surface area contributed by atoms with Gasteiger partial charge in [-0.3, -0.25) is 9.69 Å². The number of aromatic nitrogens is 3. The quantitative estimate of drug-likeness (QED) is 0.794. The van der Waals surface area contributed by atoms with Crippen molar-refractivity contribution < 1.29 is 9.53 Å². The van der Waals surface area contributed by atoms with E-state index >= 15 is 0 Å². The second kappa shape index (κ2) is 8.40. The fraction of sp³-hybridized carbons (Fsp3) is 0.682. The Hall–Kier alpha value is -1.99. The maximum atomic E-state index is 13.4. The Labute approximate surface area is 172 Å². The number of hydrogen-bond donors (Lipinski definition) is 0. The van der Waals surface area contributed by atoms with E-state index in [1.54, 1.807) is 6.20 Å². The number of fused-ring (bicyclic) bond motifs is 1. The minimum Gasteiger partial charge on any atom is -0.379 e. The topological polar surface area (TPSA) is 63.5 Å². The monoisotopic (exact) mass is 397 g/mol. The fourth-order valence-electron chi connectivity index (χ4n) is 5.19. The SMILES string of the molecule is O=C(c1cnc2c(c1)ncn2C1CCCC1)N1CCCCC1CN1CCOCC1. The summed E-state index contributed by atoms with van der Waals surface area (Å²) in [6.45, 7) is 5.30. The number of carbonyl (C=O) groups is 1. The van der Waals surface area contributed by atoms with Crippen LogP contribution in [0.1, 0.15) is 61.3 Å². The molecule has 2 saturated heterocycles. The number of piperidine rings is 1. The van der Waals surface area contributed by atoms with Crippen LogP contribution in [0.25, 0.3) is 11.2 Å². The Morgan fingerprint density at radius 2 is 1.83 bits per heavy atom. The second-order valence-corrected chi connectivity index (χ2v) is 8.72. The zero-order valence-corrected chi connectivity index (χ0v) is 17.1. The van der Waals surface area contributed by atoms with Crippen molar-refractivity contribution in [3.05, 3.63) is 24.2 Å². The summed E-state index contributed by atoms with van der Waals surface area (Å²) < 4.78 is 7.68. The van der Waals surface area contributed by atoms with Crippen LogP contribution in [0, 0.1) is 0 Å². The van der Waals surface area contributed by atoms with Gasteiger partial charge in [-0.1, -0.05) is 12.8 Å². The largest absolute Gasteiger partial charge is 0.379 e. The van der Waals surface area contributed by atoms with Crippen LogP contribution < -0.4 is 0 Å². The van der Waals surface area contributed by atoms with Gasteiger partial charge in [0.1, 0.15) is 5.52 Å². The highest BCUT2D eigenvalue weighted by Crippen LogP contribution is 2.31. The number of hydrogen-bond acceptors (Lipinski definition) is 5. The highest BCUT2D eigenvalue weighted by atomic mass is 16.5. The van der Waals surface area contributed by atoms with Gasteiger partial charge < -0.3 is 14.2 Å². The van der Waals surface area contributed by atoms with E-state index < -0.39 is 0 Å². The lowest BCUT2D eigenvalue weighted by molar-refractivity contribution is 0.0166. The van der Waals surface area contributed by atoms with Crippen molar-refractivity contribution in [3.8, 4) is 0 Å². The molecule has 5 rings (SSSR count). The summed E-state index contributed by atoms with van der Waals surface area (Å²) in [5.41, 5.74) is 2.42. The van der Waals surface area contributed by atoms with Crippen molar-refractivity contribution in [2.75, 3.05) is 39.4 Å². The van der Waals surface area contributed by atoms with Gasteiger partial charge in [-0.15, -0.1) is 0 Å². The van der Waals surface area contributed by atoms with Gasteiger partial charge in [0.2, 0.25) is 0 Å². The number of morpholine rings is 1. The first-order chi connectivity index (χ1) is 14.3. The van der Waals surface area contributed by atoms with Crippen LogP contribution in [0.3, 0.4) is 0 Å². The molecule has 0 radical (unpaired) electrons. The Morgan fingerprint density at radius 3 is 2.66 bits per heavy atom. The maximum Gasteiger partial charge on any atom is 0.255 e. The molecule has 2 aromatic heterocycles. The van der Waals surface area contributed by atoms with Crippen molar-refractivity contribution in [2.24, 2.45) is 0 Å². The minimum absolute atomic E-state index is 0.104. The Bertz CT molecular complexity index is 854. The van der Waals surface area contributed by atoms with Crippen molar-refractivity contribution in [1.29, 1.82) is 0 Å². The standard InChI is InChI=1S/C22H31N5O2/c28-22(26-8-4-3-7-19(26)15-25-9-11-29-12-10-25)17-13-20-21(23-14-17)27(16-24-20)18-5-1-2-6-18/h13-14,16,18-19H,1-12,15H2. The van der Waals surface area contributed by atoms with E-state index in [1.807, 2.05) is 12.4 Å². The first-order valence-electron chi connectivity index (χ1n) is 11.2. The predicted molar refractivity (Wildman–Crippen MR) is 111 cm³/mol. The molecule has 1 amide bonds. The van der Waals surface area contributed by atoms with E-state index in [2.05, 4.69) is 24.3 Å². The van der Waals surface area contributed by atoms with Crippen LogP contribution in [0.5, 0.6) is 0 Å². The first kappa shape index (κ1) is 19.0. The number of ether oxygens (including phenoxy) is 1. The number of rotatable bonds is 4. The molecule has 4 heterocycles. The van der Waals surface area contributed by atoms with Gasteiger partial charge >= 0.3 is 0 Å². The molecule has 2 aliphatic heterocycles. The smallest absolute Gasteiger partial charge is 0.255 e. The summed E-state index contributed by atoms with van der Waals surface area (Å²) in [5, 5.41) is 0. The molecular weight excluding hydrogens is 366 g/mol. The van der Waals surface area contributed by atoms with Gasteiger partial charge in [-0.05, 0) is 38.2 Å². The van der Waals surface area contributed by atoms with Crippen molar-refractivity contribution in [2.45, 2.75) is 57.0 Å². The molecule has 3 aliphatic rings. The van der Waals surface area contributed by atoms with E-state index in [0.717, 1.165) is 63.4 Å². The average Bonchev–Trinajstić information content (AvgIpc) is 3.43. The lowest BCUT2D eigenvalue weighted by Crippen LogP contribution is -2.51. The van der Waals surface area contributed by atoms with E-state index in [1.165, 1.54) is 32.1 Å². The van der Waals surface area contributed by atoms with Crippen LogP contribution >= 0.6 is 0 Å². The molecule has 0 N–H and O–H groups in total. The van der Waals surface area contributed by atoms with Crippen LogP contribution in [0.4, 0.5) is 0 Å². The Balaban J connectivity index is 1.34. The summed E-state index contributed by atoms with van der Waals surface area (Å²) in [7, 11) is 0. The molecule has 1 unspecified atom stereocenters. The lowest BCUT2D eigenvalue weighted by Gasteiger charge is -2.39. The van der Waals surface area contributed by atoms with Crippen molar-refractivity contribution >= 4 is 17.1 Å². The molecule has 0 aromatic carbocycles. The maximum absolute atomic E-state index is 13.4. The van der Waals surface area contributed by atoms with Crippen molar-refractivity contribution in [1.82, 2.24) is 24.3 Å².